The molecular formula is C24H22F4N4O2. The van der Waals surface area contributed by atoms with Gasteiger partial charge in [-0.15, -0.1) is 0 Å². The average Bonchev–Trinajstić information content (AvgIpc) is 2.77. The number of aromatic nitrogens is 1. The maximum atomic E-state index is 13.4. The number of rotatable bonds is 8. The molecule has 0 spiro atoms. The van der Waals surface area contributed by atoms with Gasteiger partial charge >= 0.3 is 6.18 Å². The molecule has 0 unspecified atom stereocenters. The van der Waals surface area contributed by atoms with E-state index in [1.165, 1.54) is 30.5 Å². The van der Waals surface area contributed by atoms with Crippen LogP contribution in [-0.4, -0.2) is 30.6 Å². The number of pyridine rings is 1. The van der Waals surface area contributed by atoms with Gasteiger partial charge in [0.15, 0.2) is 0 Å². The summed E-state index contributed by atoms with van der Waals surface area (Å²) < 4.78 is 58.9. The van der Waals surface area contributed by atoms with Crippen LogP contribution in [-0.2, 0) is 12.7 Å². The summed E-state index contributed by atoms with van der Waals surface area (Å²) in [6.45, 7) is 2.05. The van der Waals surface area contributed by atoms with Crippen molar-refractivity contribution in [2.24, 2.45) is 5.92 Å². The van der Waals surface area contributed by atoms with Crippen molar-refractivity contribution >= 4 is 17.4 Å². The number of carbonyl (C=O) groups excluding carboxylic acids is 1. The number of hydrogen-bond donors (Lipinski definition) is 3. The number of amides is 1. The van der Waals surface area contributed by atoms with Crippen molar-refractivity contribution in [3.8, 4) is 5.75 Å². The highest BCUT2D eigenvalue weighted by molar-refractivity contribution is 6.07. The van der Waals surface area contributed by atoms with E-state index in [2.05, 4.69) is 20.9 Å². The molecule has 1 saturated heterocycles. The van der Waals surface area contributed by atoms with Gasteiger partial charge in [-0.2, -0.15) is 13.2 Å². The van der Waals surface area contributed by atoms with E-state index in [9.17, 15) is 22.4 Å². The zero-order chi connectivity index (χ0) is 24.1. The maximum Gasteiger partial charge on any atom is 0.416 e. The summed E-state index contributed by atoms with van der Waals surface area (Å²) in [7, 11) is 0. The highest BCUT2D eigenvalue weighted by atomic mass is 19.4. The molecule has 34 heavy (non-hydrogen) atoms. The second kappa shape index (κ2) is 10.1. The summed E-state index contributed by atoms with van der Waals surface area (Å²) in [6, 6.07) is 12.0. The summed E-state index contributed by atoms with van der Waals surface area (Å²) in [5.74, 6) is -0.500. The lowest BCUT2D eigenvalue weighted by atomic mass is 10.1. The molecule has 0 aliphatic carbocycles. The van der Waals surface area contributed by atoms with Gasteiger partial charge in [0.25, 0.3) is 5.91 Å². The molecule has 0 atom stereocenters. The Labute approximate surface area is 193 Å². The van der Waals surface area contributed by atoms with Crippen LogP contribution in [0.25, 0.3) is 0 Å². The number of nitrogens with zero attached hydrogens (tertiary/aromatic N) is 1. The third kappa shape index (κ3) is 6.02. The normalized spacial score (nSPS) is 13.8. The van der Waals surface area contributed by atoms with Crippen molar-refractivity contribution < 1.29 is 27.1 Å². The van der Waals surface area contributed by atoms with Gasteiger partial charge in [0.1, 0.15) is 17.4 Å². The lowest BCUT2D eigenvalue weighted by Gasteiger charge is -2.27. The minimum absolute atomic E-state index is 0.0258. The molecule has 0 bridgehead atoms. The molecule has 1 aliphatic heterocycles. The van der Waals surface area contributed by atoms with Crippen molar-refractivity contribution in [3.63, 3.8) is 0 Å². The van der Waals surface area contributed by atoms with Crippen LogP contribution in [0.4, 0.5) is 29.1 Å². The Hall–Kier alpha value is -3.66. The number of nitrogens with one attached hydrogen (secondary N) is 3. The molecule has 6 nitrogen and oxygen atoms in total. The molecule has 0 radical (unpaired) electrons. The second-order valence-corrected chi connectivity index (χ2v) is 7.91. The minimum Gasteiger partial charge on any atom is -0.493 e. The molecule has 0 saturated carbocycles. The molecule has 2 heterocycles. The molecule has 2 aromatic carbocycles. The van der Waals surface area contributed by atoms with E-state index in [0.717, 1.165) is 30.8 Å². The van der Waals surface area contributed by atoms with Crippen LogP contribution in [0.2, 0.25) is 0 Å². The number of carbonyl (C=O) groups is 1. The maximum absolute atomic E-state index is 13.4. The second-order valence-electron chi connectivity index (χ2n) is 7.91. The van der Waals surface area contributed by atoms with Gasteiger partial charge in [0.2, 0.25) is 0 Å². The number of hydrogen-bond acceptors (Lipinski definition) is 5. The van der Waals surface area contributed by atoms with Gasteiger partial charge in [-0.05, 0) is 42.0 Å². The highest BCUT2D eigenvalue weighted by Crippen LogP contribution is 2.34. The fourth-order valence-electron chi connectivity index (χ4n) is 3.31. The fraction of sp³-hybridized carbons (Fsp3) is 0.250. The van der Waals surface area contributed by atoms with Crippen molar-refractivity contribution in [2.45, 2.75) is 12.7 Å². The first kappa shape index (κ1) is 23.5. The molecule has 1 fully saturated rings. The highest BCUT2D eigenvalue weighted by Gasteiger charge is 2.32. The molecule has 1 aromatic heterocycles. The van der Waals surface area contributed by atoms with E-state index in [1.54, 1.807) is 18.2 Å². The smallest absolute Gasteiger partial charge is 0.416 e. The lowest BCUT2D eigenvalue weighted by Crippen LogP contribution is -2.45. The number of benzene rings is 2. The van der Waals surface area contributed by atoms with E-state index in [-0.39, 0.29) is 47.7 Å². The molecule has 178 valence electrons. The Bertz CT molecular complexity index is 1150. The van der Waals surface area contributed by atoms with Crippen LogP contribution in [0.15, 0.2) is 60.8 Å². The average molecular weight is 474 g/mol. The summed E-state index contributed by atoms with van der Waals surface area (Å²) in [4.78, 5) is 17.1. The summed E-state index contributed by atoms with van der Waals surface area (Å²) in [5, 5.41) is 8.59. The zero-order valence-corrected chi connectivity index (χ0v) is 18.0. The van der Waals surface area contributed by atoms with Crippen LogP contribution in [0.1, 0.15) is 21.5 Å². The topological polar surface area (TPSA) is 75.3 Å². The third-order valence-corrected chi connectivity index (χ3v) is 5.27. The van der Waals surface area contributed by atoms with E-state index in [4.69, 9.17) is 4.74 Å². The summed E-state index contributed by atoms with van der Waals surface area (Å²) >= 11 is 0. The van der Waals surface area contributed by atoms with E-state index < -0.39 is 17.6 Å². The lowest BCUT2D eigenvalue weighted by molar-refractivity contribution is -0.137. The van der Waals surface area contributed by atoms with Gasteiger partial charge in [0.05, 0.1) is 17.7 Å². The van der Waals surface area contributed by atoms with Crippen LogP contribution >= 0.6 is 0 Å². The first-order valence-electron chi connectivity index (χ1n) is 10.6. The van der Waals surface area contributed by atoms with Gasteiger partial charge in [-0.25, -0.2) is 9.37 Å². The van der Waals surface area contributed by atoms with Gasteiger partial charge < -0.3 is 20.7 Å². The molecular weight excluding hydrogens is 452 g/mol. The minimum atomic E-state index is -4.60. The van der Waals surface area contributed by atoms with E-state index in [0.29, 0.717) is 0 Å². The Kier molecular flexibility index (Phi) is 6.97. The Morgan fingerprint density at radius 3 is 2.56 bits per heavy atom. The van der Waals surface area contributed by atoms with Crippen LogP contribution in [0.5, 0.6) is 5.75 Å². The fourth-order valence-corrected chi connectivity index (χ4v) is 3.31. The van der Waals surface area contributed by atoms with E-state index in [1.807, 2.05) is 0 Å². The SMILES string of the molecule is O=C(Nc1cc(OCC2CNC2)cc(C(F)(F)F)c1)c1cccnc1NCc1ccc(F)cc1. The Morgan fingerprint density at radius 1 is 1.12 bits per heavy atom. The number of anilines is 2. The molecule has 3 N–H and O–H groups in total. The molecule has 1 aliphatic rings. The van der Waals surface area contributed by atoms with Crippen LogP contribution in [0.3, 0.4) is 0 Å². The Balaban J connectivity index is 1.50. The predicted octanol–water partition coefficient (Wildman–Crippen LogP) is 4.70. The molecule has 1 amide bonds. The number of alkyl halides is 3. The first-order chi connectivity index (χ1) is 16.3. The summed E-state index contributed by atoms with van der Waals surface area (Å²) in [5.41, 5.74) is -0.0625. The van der Waals surface area contributed by atoms with Crippen molar-refractivity contribution in [1.29, 1.82) is 0 Å². The zero-order valence-electron chi connectivity index (χ0n) is 18.0. The van der Waals surface area contributed by atoms with E-state index >= 15 is 0 Å². The van der Waals surface area contributed by atoms with Gasteiger partial charge in [0, 0.05) is 43.5 Å². The summed E-state index contributed by atoms with van der Waals surface area (Å²) in [6.07, 6.45) is -3.12. The number of ether oxygens (including phenoxy) is 1. The standard InChI is InChI=1S/C24H22F4N4O2/c25-18-5-3-15(4-6-18)13-31-22-21(2-1-7-30-22)23(33)32-19-8-17(24(26,27)28)9-20(10-19)34-14-16-11-29-12-16/h1-10,16,29H,11-14H2,(H,30,31)(H,32,33). The molecule has 3 aromatic rings. The number of halogens is 4. The van der Waals surface area contributed by atoms with Crippen molar-refractivity contribution in [2.75, 3.05) is 30.3 Å². The monoisotopic (exact) mass is 474 g/mol. The molecule has 4 rings (SSSR count). The predicted molar refractivity (Wildman–Crippen MR) is 119 cm³/mol. The van der Waals surface area contributed by atoms with Gasteiger partial charge in [-0.3, -0.25) is 4.79 Å². The largest absolute Gasteiger partial charge is 0.493 e. The Morgan fingerprint density at radius 2 is 1.88 bits per heavy atom. The first-order valence-corrected chi connectivity index (χ1v) is 10.6. The third-order valence-electron chi connectivity index (χ3n) is 5.27. The quantitative estimate of drug-likeness (QED) is 0.413. The van der Waals surface area contributed by atoms with Crippen molar-refractivity contribution in [1.82, 2.24) is 10.3 Å². The van der Waals surface area contributed by atoms with Crippen LogP contribution in [0, 0.1) is 11.7 Å². The van der Waals surface area contributed by atoms with Gasteiger partial charge in [-0.1, -0.05) is 12.1 Å². The van der Waals surface area contributed by atoms with Crippen molar-refractivity contribution in [3.05, 3.63) is 83.3 Å². The van der Waals surface area contributed by atoms with Crippen LogP contribution < -0.4 is 20.7 Å². The molecule has 10 heteroatoms.